The van der Waals surface area contributed by atoms with Crippen molar-refractivity contribution in [2.45, 2.75) is 51.7 Å². The number of para-hydroxylation sites is 1. The predicted molar refractivity (Wildman–Crippen MR) is 114 cm³/mol. The van der Waals surface area contributed by atoms with E-state index in [4.69, 9.17) is 4.74 Å². The Morgan fingerprint density at radius 2 is 1.60 bits per heavy atom. The topological polar surface area (TPSA) is 35.7 Å². The molecule has 2 aromatic rings. The Kier molecular flexibility index (Phi) is 6.54. The molecule has 0 bridgehead atoms. The summed E-state index contributed by atoms with van der Waals surface area (Å²) in [5.41, 5.74) is 1.84. The molecule has 1 aliphatic heterocycles. The molecule has 0 saturated carbocycles. The minimum absolute atomic E-state index is 0.0412. The Morgan fingerprint density at radius 1 is 1.00 bits per heavy atom. The number of alkyl halides is 3. The second-order valence-electron chi connectivity index (χ2n) is 7.94. The molecule has 2 aromatic carbocycles. The van der Waals surface area contributed by atoms with E-state index in [0.29, 0.717) is 5.69 Å². The molecule has 3 nitrogen and oxygen atoms in total. The van der Waals surface area contributed by atoms with Gasteiger partial charge >= 0.3 is 6.18 Å². The molecular weight excluding hydrogens is 389 g/mol. The highest BCUT2D eigenvalue weighted by Crippen LogP contribution is 2.38. The molecule has 0 unspecified atom stereocenters. The van der Waals surface area contributed by atoms with Crippen LogP contribution in [0.5, 0.6) is 0 Å². The van der Waals surface area contributed by atoms with Crippen molar-refractivity contribution in [3.8, 4) is 0 Å². The molecule has 1 heterocycles. The maximum atomic E-state index is 13.9. The number of hydrogen-bond acceptors (Lipinski definition) is 2. The molecule has 1 aliphatic rings. The lowest BCUT2D eigenvalue weighted by molar-refractivity contribution is -0.0577. The Hall–Kier alpha value is -2.76. The van der Waals surface area contributed by atoms with E-state index in [-0.39, 0.29) is 30.4 Å². The minimum Gasteiger partial charge on any atom is -0.645 e. The van der Waals surface area contributed by atoms with Crippen molar-refractivity contribution >= 4 is 11.4 Å². The number of benzene rings is 2. The first-order chi connectivity index (χ1) is 14.2. The molecule has 0 N–H and O–H groups in total. The molecule has 0 aliphatic carbocycles. The first kappa shape index (κ1) is 21.9. The summed E-state index contributed by atoms with van der Waals surface area (Å²) in [6, 6.07) is 14.6. The summed E-state index contributed by atoms with van der Waals surface area (Å²) < 4.78 is 47.1. The summed E-state index contributed by atoms with van der Waals surface area (Å²) in [5.74, 6) is 0.0342. The molecule has 6 heteroatoms. The van der Waals surface area contributed by atoms with Gasteiger partial charge in [0.1, 0.15) is 5.71 Å². The van der Waals surface area contributed by atoms with Crippen LogP contribution >= 0.6 is 0 Å². The van der Waals surface area contributed by atoms with Crippen LogP contribution in [0, 0.1) is 0 Å². The zero-order chi connectivity index (χ0) is 21.9. The van der Waals surface area contributed by atoms with Gasteiger partial charge < -0.3 is 10.1 Å². The molecule has 0 spiro atoms. The van der Waals surface area contributed by atoms with Crippen LogP contribution in [0.4, 0.5) is 18.9 Å². The van der Waals surface area contributed by atoms with Crippen molar-refractivity contribution in [2.24, 2.45) is 4.99 Å². The van der Waals surface area contributed by atoms with Gasteiger partial charge in [0, 0.05) is 5.88 Å². The molecule has 1 saturated heterocycles. The first-order valence-corrected chi connectivity index (χ1v) is 10.1. The molecule has 0 amide bonds. The third-order valence-corrected chi connectivity index (χ3v) is 4.98. The lowest BCUT2D eigenvalue weighted by atomic mass is 9.93. The summed E-state index contributed by atoms with van der Waals surface area (Å²) >= 11 is 0. The van der Waals surface area contributed by atoms with Crippen molar-refractivity contribution in [1.82, 2.24) is 0 Å². The van der Waals surface area contributed by atoms with Gasteiger partial charge in [-0.15, -0.1) is 0 Å². The zero-order valence-electron chi connectivity index (χ0n) is 17.6. The van der Waals surface area contributed by atoms with Crippen LogP contribution in [0.2, 0.25) is 0 Å². The monoisotopic (exact) mass is 415 g/mol. The van der Waals surface area contributed by atoms with Crippen LogP contribution in [-0.4, -0.2) is 18.5 Å². The predicted octanol–water partition coefficient (Wildman–Crippen LogP) is 7.55. The summed E-state index contributed by atoms with van der Waals surface area (Å²) in [6.45, 7) is 8.00. The Bertz CT molecular complexity index is 905. The average Bonchev–Trinajstić information content (AvgIpc) is 3.16. The van der Waals surface area contributed by atoms with Crippen molar-refractivity contribution in [3.05, 3.63) is 82.5 Å². The second kappa shape index (κ2) is 8.94. The molecule has 1 fully saturated rings. The van der Waals surface area contributed by atoms with E-state index in [1.54, 1.807) is 0 Å². The number of hydrogen-bond donors (Lipinski definition) is 0. The van der Waals surface area contributed by atoms with E-state index < -0.39 is 11.9 Å². The fourth-order valence-electron chi connectivity index (χ4n) is 3.37. The Labute approximate surface area is 175 Å². The highest BCUT2D eigenvalue weighted by molar-refractivity contribution is 6.02. The van der Waals surface area contributed by atoms with Crippen LogP contribution in [-0.2, 0) is 4.74 Å². The molecule has 1 atom stereocenters. The standard InChI is InChI=1S/C24H26F3N2O/c1-15(2)18-11-8-12-19(16(3)4)23(18)29-21(24(25,26)27)13-22-28-20(14-30-22)17-9-6-5-7-10-17/h5-13,15-16,20H,14H2,1-4H3/q-1/b22-13-,29-21?/t20-/m1/s1. The van der Waals surface area contributed by atoms with Gasteiger partial charge in [-0.2, -0.15) is 13.2 Å². The van der Waals surface area contributed by atoms with E-state index in [1.807, 2.05) is 76.2 Å². The van der Waals surface area contributed by atoms with E-state index in [9.17, 15) is 13.2 Å². The van der Waals surface area contributed by atoms with Gasteiger partial charge in [0.25, 0.3) is 0 Å². The van der Waals surface area contributed by atoms with E-state index >= 15 is 0 Å². The van der Waals surface area contributed by atoms with Gasteiger partial charge in [0.2, 0.25) is 0 Å². The van der Waals surface area contributed by atoms with Gasteiger partial charge in [0.15, 0.2) is 0 Å². The number of halogens is 3. The number of allylic oxidation sites excluding steroid dienone is 1. The van der Waals surface area contributed by atoms with Gasteiger partial charge in [-0.25, -0.2) is 4.99 Å². The maximum Gasteiger partial charge on any atom is 0.433 e. The number of rotatable bonds is 5. The van der Waals surface area contributed by atoms with Crippen LogP contribution in [0.25, 0.3) is 5.32 Å². The summed E-state index contributed by atoms with van der Waals surface area (Å²) in [4.78, 5) is 4.11. The van der Waals surface area contributed by atoms with E-state index in [2.05, 4.69) is 10.3 Å². The fraction of sp³-hybridized carbons (Fsp3) is 0.375. The lowest BCUT2D eigenvalue weighted by Crippen LogP contribution is -2.21. The van der Waals surface area contributed by atoms with Gasteiger partial charge in [-0.1, -0.05) is 87.8 Å². The Morgan fingerprint density at radius 3 is 2.13 bits per heavy atom. The van der Waals surface area contributed by atoms with Gasteiger partial charge in [-0.05, 0) is 29.0 Å². The fourth-order valence-corrected chi connectivity index (χ4v) is 3.37. The molecular formula is C24H26F3N2O-. The van der Waals surface area contributed by atoms with Gasteiger partial charge in [0.05, 0.1) is 12.3 Å². The molecule has 0 radical (unpaired) electrons. The smallest absolute Gasteiger partial charge is 0.433 e. The van der Waals surface area contributed by atoms with Crippen LogP contribution in [0.3, 0.4) is 0 Å². The maximum absolute atomic E-state index is 13.9. The first-order valence-electron chi connectivity index (χ1n) is 10.1. The zero-order valence-corrected chi connectivity index (χ0v) is 17.6. The highest BCUT2D eigenvalue weighted by Gasteiger charge is 2.35. The van der Waals surface area contributed by atoms with Crippen LogP contribution < -0.4 is 0 Å². The largest absolute Gasteiger partial charge is 0.645 e. The summed E-state index contributed by atoms with van der Waals surface area (Å²) in [7, 11) is 0. The molecule has 3 rings (SSSR count). The second-order valence-corrected chi connectivity index (χ2v) is 7.94. The molecule has 160 valence electrons. The van der Waals surface area contributed by atoms with Crippen molar-refractivity contribution in [3.63, 3.8) is 0 Å². The highest BCUT2D eigenvalue weighted by atomic mass is 19.4. The van der Waals surface area contributed by atoms with Crippen molar-refractivity contribution in [2.75, 3.05) is 6.61 Å². The molecule has 0 aromatic heterocycles. The summed E-state index contributed by atoms with van der Waals surface area (Å²) in [6.07, 6.45) is -3.72. The molecule has 30 heavy (non-hydrogen) atoms. The van der Waals surface area contributed by atoms with Crippen LogP contribution in [0.15, 0.2) is 65.5 Å². The SMILES string of the molecule is CC(C)c1cccc(C(C)C)c1N=C(/C=C1/[N-][C@@H](c2ccccc2)CO1)C(F)(F)F. The summed E-state index contributed by atoms with van der Waals surface area (Å²) in [5, 5.41) is 4.33. The Balaban J connectivity index is 2.01. The van der Waals surface area contributed by atoms with Crippen molar-refractivity contribution < 1.29 is 17.9 Å². The lowest BCUT2D eigenvalue weighted by Gasteiger charge is -2.22. The van der Waals surface area contributed by atoms with Crippen LogP contribution in [0.1, 0.15) is 62.3 Å². The number of ether oxygens (including phenoxy) is 1. The minimum atomic E-state index is -4.63. The third-order valence-electron chi connectivity index (χ3n) is 4.98. The average molecular weight is 415 g/mol. The van der Waals surface area contributed by atoms with Gasteiger partial charge in [-0.3, -0.25) is 0 Å². The normalized spacial score (nSPS) is 18.8. The third kappa shape index (κ3) is 5.04. The van der Waals surface area contributed by atoms with E-state index in [1.165, 1.54) is 0 Å². The number of aliphatic imine (C=N–C) groups is 1. The van der Waals surface area contributed by atoms with Crippen molar-refractivity contribution in [1.29, 1.82) is 0 Å². The number of nitrogens with zero attached hydrogens (tertiary/aromatic N) is 2. The van der Waals surface area contributed by atoms with E-state index in [0.717, 1.165) is 22.8 Å². The quantitative estimate of drug-likeness (QED) is 0.464.